The molecule has 1 unspecified atom stereocenters. The number of piperidine rings is 1. The molecule has 0 aromatic heterocycles. The molecule has 1 aliphatic heterocycles. The van der Waals surface area contributed by atoms with Gasteiger partial charge in [0.15, 0.2) is 0 Å². The van der Waals surface area contributed by atoms with Crippen molar-refractivity contribution < 1.29 is 14.3 Å². The van der Waals surface area contributed by atoms with E-state index in [9.17, 15) is 9.59 Å². The summed E-state index contributed by atoms with van der Waals surface area (Å²) in [6.07, 6.45) is 2.55. The minimum Gasteiger partial charge on any atom is -0.467 e. The summed E-state index contributed by atoms with van der Waals surface area (Å²) in [7, 11) is 1.35. The summed E-state index contributed by atoms with van der Waals surface area (Å²) >= 11 is 5.80. The Bertz CT molecular complexity index is 304. The number of hydrogen-bond acceptors (Lipinski definition) is 3. The Morgan fingerprint density at radius 1 is 1.41 bits per heavy atom. The third-order valence-corrected chi connectivity index (χ3v) is 3.82. The van der Waals surface area contributed by atoms with Gasteiger partial charge in [0.05, 0.1) is 12.5 Å². The van der Waals surface area contributed by atoms with E-state index in [0.717, 1.165) is 12.8 Å². The van der Waals surface area contributed by atoms with E-state index in [1.54, 1.807) is 18.7 Å². The molecule has 0 bridgehead atoms. The number of carbonyl (C=O) groups is 2. The van der Waals surface area contributed by atoms with E-state index in [4.69, 9.17) is 16.3 Å². The summed E-state index contributed by atoms with van der Waals surface area (Å²) in [5.41, 5.74) is -0.634. The highest BCUT2D eigenvalue weighted by Gasteiger charge is 2.39. The summed E-state index contributed by atoms with van der Waals surface area (Å²) in [5.74, 6) is -0.151. The van der Waals surface area contributed by atoms with Crippen LogP contribution in [0.1, 0.15) is 33.1 Å². The van der Waals surface area contributed by atoms with Gasteiger partial charge in [0.1, 0.15) is 6.04 Å². The molecule has 1 saturated heterocycles. The Hall–Kier alpha value is -0.770. The van der Waals surface area contributed by atoms with Gasteiger partial charge >= 0.3 is 5.97 Å². The lowest BCUT2D eigenvalue weighted by atomic mass is 9.91. The van der Waals surface area contributed by atoms with Crippen LogP contribution in [0.4, 0.5) is 0 Å². The standard InChI is InChI=1S/C12H20ClNO3/c1-12(2,8-13)11(16)14-7-5-4-6-9(14)10(15)17-3/h9H,4-8H2,1-3H3. The SMILES string of the molecule is COC(=O)C1CCCCN1C(=O)C(C)(C)CCl. The number of halogens is 1. The maximum Gasteiger partial charge on any atom is 0.328 e. The fraction of sp³-hybridized carbons (Fsp3) is 0.833. The van der Waals surface area contributed by atoms with Gasteiger partial charge in [0, 0.05) is 12.4 Å². The van der Waals surface area contributed by atoms with Crippen molar-refractivity contribution in [2.45, 2.75) is 39.2 Å². The Balaban J connectivity index is 2.85. The molecule has 0 aliphatic carbocycles. The van der Waals surface area contributed by atoms with Gasteiger partial charge < -0.3 is 9.64 Å². The van der Waals surface area contributed by atoms with Gasteiger partial charge in [-0.3, -0.25) is 4.79 Å². The Kier molecular flexibility index (Phi) is 4.80. The van der Waals surface area contributed by atoms with Crippen LogP contribution in [0.2, 0.25) is 0 Å². The van der Waals surface area contributed by atoms with Crippen molar-refractivity contribution in [1.29, 1.82) is 0 Å². The highest BCUT2D eigenvalue weighted by molar-refractivity contribution is 6.19. The van der Waals surface area contributed by atoms with E-state index in [2.05, 4.69) is 0 Å². The first-order valence-electron chi connectivity index (χ1n) is 5.89. The van der Waals surface area contributed by atoms with Crippen LogP contribution in [0.25, 0.3) is 0 Å². The number of hydrogen-bond donors (Lipinski definition) is 0. The maximum absolute atomic E-state index is 12.3. The van der Waals surface area contributed by atoms with Crippen LogP contribution >= 0.6 is 11.6 Å². The van der Waals surface area contributed by atoms with E-state index in [0.29, 0.717) is 13.0 Å². The molecule has 98 valence electrons. The highest BCUT2D eigenvalue weighted by Crippen LogP contribution is 2.26. The van der Waals surface area contributed by atoms with E-state index in [1.807, 2.05) is 0 Å². The van der Waals surface area contributed by atoms with Crippen molar-refractivity contribution in [3.8, 4) is 0 Å². The summed E-state index contributed by atoms with van der Waals surface area (Å²) in [6, 6.07) is -0.441. The molecule has 0 spiro atoms. The van der Waals surface area contributed by atoms with Crippen molar-refractivity contribution in [3.05, 3.63) is 0 Å². The van der Waals surface area contributed by atoms with Crippen LogP contribution < -0.4 is 0 Å². The molecule has 0 N–H and O–H groups in total. The summed E-state index contributed by atoms with van der Waals surface area (Å²) < 4.78 is 4.75. The van der Waals surface area contributed by atoms with Gasteiger partial charge in [0.25, 0.3) is 0 Å². The monoisotopic (exact) mass is 261 g/mol. The molecule has 0 saturated carbocycles. The molecule has 0 aromatic carbocycles. The molecule has 1 aliphatic rings. The second kappa shape index (κ2) is 5.71. The molecule has 1 heterocycles. The topological polar surface area (TPSA) is 46.6 Å². The summed E-state index contributed by atoms with van der Waals surface area (Å²) in [5, 5.41) is 0. The second-order valence-electron chi connectivity index (χ2n) is 5.05. The van der Waals surface area contributed by atoms with Crippen molar-refractivity contribution in [2.24, 2.45) is 5.41 Å². The van der Waals surface area contributed by atoms with Crippen molar-refractivity contribution in [2.75, 3.05) is 19.5 Å². The number of likely N-dealkylation sites (tertiary alicyclic amines) is 1. The molecule has 0 radical (unpaired) electrons. The molecule has 5 heteroatoms. The van der Waals surface area contributed by atoms with E-state index < -0.39 is 11.5 Å². The lowest BCUT2D eigenvalue weighted by molar-refractivity contribution is -0.157. The number of esters is 1. The fourth-order valence-electron chi connectivity index (χ4n) is 2.00. The zero-order valence-electron chi connectivity index (χ0n) is 10.7. The van der Waals surface area contributed by atoms with Crippen LogP contribution in [-0.4, -0.2) is 42.4 Å². The molecular formula is C12H20ClNO3. The van der Waals surface area contributed by atoms with Gasteiger partial charge in [-0.05, 0) is 33.1 Å². The number of carbonyl (C=O) groups excluding carboxylic acids is 2. The van der Waals surface area contributed by atoms with Crippen molar-refractivity contribution >= 4 is 23.5 Å². The zero-order valence-corrected chi connectivity index (χ0v) is 11.4. The lowest BCUT2D eigenvalue weighted by Gasteiger charge is -2.38. The minimum absolute atomic E-state index is 0.0670. The normalized spacial score (nSPS) is 21.2. The van der Waals surface area contributed by atoms with Crippen molar-refractivity contribution in [1.82, 2.24) is 4.90 Å². The number of ether oxygens (including phenoxy) is 1. The highest BCUT2D eigenvalue weighted by atomic mass is 35.5. The van der Waals surface area contributed by atoms with Gasteiger partial charge in [-0.2, -0.15) is 0 Å². The molecule has 4 nitrogen and oxygen atoms in total. The van der Waals surface area contributed by atoms with Gasteiger partial charge in [-0.1, -0.05) is 0 Å². The van der Waals surface area contributed by atoms with E-state index in [1.165, 1.54) is 7.11 Å². The maximum atomic E-state index is 12.3. The minimum atomic E-state index is -0.634. The van der Waals surface area contributed by atoms with E-state index in [-0.39, 0.29) is 17.8 Å². The fourth-order valence-corrected chi connectivity index (χ4v) is 2.12. The number of rotatable bonds is 3. The zero-order chi connectivity index (χ0) is 13.1. The first-order valence-corrected chi connectivity index (χ1v) is 6.42. The molecule has 1 atom stereocenters. The van der Waals surface area contributed by atoms with Crippen LogP contribution in [0.3, 0.4) is 0 Å². The Labute approximate surface area is 107 Å². The van der Waals surface area contributed by atoms with Crippen LogP contribution in [0.5, 0.6) is 0 Å². The number of nitrogens with zero attached hydrogens (tertiary/aromatic N) is 1. The quantitative estimate of drug-likeness (QED) is 0.575. The number of alkyl halides is 1. The number of methoxy groups -OCH3 is 1. The van der Waals surface area contributed by atoms with Gasteiger partial charge in [-0.25, -0.2) is 4.79 Å². The molecule has 17 heavy (non-hydrogen) atoms. The number of amides is 1. The third-order valence-electron chi connectivity index (χ3n) is 3.15. The Morgan fingerprint density at radius 2 is 2.06 bits per heavy atom. The molecule has 1 amide bonds. The largest absolute Gasteiger partial charge is 0.467 e. The molecule has 1 fully saturated rings. The Morgan fingerprint density at radius 3 is 2.59 bits per heavy atom. The second-order valence-corrected chi connectivity index (χ2v) is 5.32. The van der Waals surface area contributed by atoms with Crippen LogP contribution in [-0.2, 0) is 14.3 Å². The molecule has 0 aromatic rings. The lowest BCUT2D eigenvalue weighted by Crippen LogP contribution is -2.53. The molecular weight excluding hydrogens is 242 g/mol. The average molecular weight is 262 g/mol. The average Bonchev–Trinajstić information content (AvgIpc) is 2.36. The first-order chi connectivity index (χ1) is 7.94. The van der Waals surface area contributed by atoms with Crippen LogP contribution in [0, 0.1) is 5.41 Å². The van der Waals surface area contributed by atoms with Crippen molar-refractivity contribution in [3.63, 3.8) is 0 Å². The van der Waals surface area contributed by atoms with E-state index >= 15 is 0 Å². The summed E-state index contributed by atoms with van der Waals surface area (Å²) in [4.78, 5) is 25.6. The predicted molar refractivity (Wildman–Crippen MR) is 65.9 cm³/mol. The molecule has 1 rings (SSSR count). The summed E-state index contributed by atoms with van der Waals surface area (Å²) in [6.45, 7) is 4.20. The smallest absolute Gasteiger partial charge is 0.328 e. The third kappa shape index (κ3) is 3.12. The van der Waals surface area contributed by atoms with Crippen LogP contribution in [0.15, 0.2) is 0 Å². The van der Waals surface area contributed by atoms with Gasteiger partial charge in [-0.15, -0.1) is 11.6 Å². The predicted octanol–water partition coefficient (Wildman–Crippen LogP) is 1.81. The van der Waals surface area contributed by atoms with Gasteiger partial charge in [0.2, 0.25) is 5.91 Å². The first kappa shape index (κ1) is 14.3.